The first-order valence-corrected chi connectivity index (χ1v) is 8.83. The maximum atomic E-state index is 6.28. The summed E-state index contributed by atoms with van der Waals surface area (Å²) in [5, 5.41) is 0. The monoisotopic (exact) mass is 334 g/mol. The maximum absolute atomic E-state index is 6.28. The van der Waals surface area contributed by atoms with E-state index in [1.54, 1.807) is 0 Å². The van der Waals surface area contributed by atoms with Gasteiger partial charge in [-0.2, -0.15) is 0 Å². The van der Waals surface area contributed by atoms with Gasteiger partial charge in [0.1, 0.15) is 0 Å². The second-order valence-electron chi connectivity index (χ2n) is 4.47. The van der Waals surface area contributed by atoms with Crippen molar-refractivity contribution >= 4 is 21.3 Å². The van der Waals surface area contributed by atoms with Gasteiger partial charge in [-0.05, 0) is 0 Å². The molecule has 0 spiro atoms. The van der Waals surface area contributed by atoms with E-state index in [1.807, 2.05) is 0 Å². The van der Waals surface area contributed by atoms with Gasteiger partial charge in [-0.3, -0.25) is 0 Å². The molecule has 0 amide bonds. The van der Waals surface area contributed by atoms with Crippen LogP contribution in [0.15, 0.2) is 30.3 Å². The third kappa shape index (κ3) is 2.80. The summed E-state index contributed by atoms with van der Waals surface area (Å²) in [5.74, 6) is 0. The van der Waals surface area contributed by atoms with Gasteiger partial charge in [0.15, 0.2) is 0 Å². The Kier molecular flexibility index (Phi) is 4.70. The third-order valence-corrected chi connectivity index (χ3v) is 5.81. The SMILES string of the molecule is CCCCC1(c2ccccc2)CCC[Te]O1. The van der Waals surface area contributed by atoms with E-state index in [0.29, 0.717) is 0 Å². The van der Waals surface area contributed by atoms with Crippen LogP contribution in [0, 0.1) is 0 Å². The summed E-state index contributed by atoms with van der Waals surface area (Å²) in [6, 6.07) is 10.9. The van der Waals surface area contributed by atoms with E-state index in [4.69, 9.17) is 3.10 Å². The van der Waals surface area contributed by atoms with Gasteiger partial charge in [0, 0.05) is 0 Å². The van der Waals surface area contributed by atoms with Crippen molar-refractivity contribution in [2.75, 3.05) is 0 Å². The zero-order chi connectivity index (χ0) is 11.3. The first kappa shape index (κ1) is 12.4. The van der Waals surface area contributed by atoms with Gasteiger partial charge in [0.2, 0.25) is 0 Å². The number of hydrogen-bond donors (Lipinski definition) is 0. The molecule has 0 radical (unpaired) electrons. The Balaban J connectivity index is 2.19. The number of rotatable bonds is 4. The van der Waals surface area contributed by atoms with E-state index in [2.05, 4.69) is 37.3 Å². The topological polar surface area (TPSA) is 9.23 Å². The Morgan fingerprint density at radius 2 is 2.12 bits per heavy atom. The molecule has 0 aromatic heterocycles. The summed E-state index contributed by atoms with van der Waals surface area (Å²) < 4.78 is 7.64. The first-order chi connectivity index (χ1) is 7.87. The molecule has 0 saturated carbocycles. The van der Waals surface area contributed by atoms with E-state index in [0.717, 1.165) is 0 Å². The number of hydrogen-bond acceptors (Lipinski definition) is 1. The van der Waals surface area contributed by atoms with Crippen LogP contribution in [0.1, 0.15) is 44.6 Å². The van der Waals surface area contributed by atoms with Gasteiger partial charge < -0.3 is 0 Å². The van der Waals surface area contributed by atoms with Crippen molar-refractivity contribution in [1.82, 2.24) is 0 Å². The molecule has 1 heterocycles. The summed E-state index contributed by atoms with van der Waals surface area (Å²) in [4.78, 5) is 0. The Hall–Kier alpha value is -0.0304. The quantitative estimate of drug-likeness (QED) is 0.760. The minimum absolute atomic E-state index is 0.0811. The zero-order valence-corrected chi connectivity index (χ0v) is 12.3. The van der Waals surface area contributed by atoms with Crippen LogP contribution in [0.2, 0.25) is 4.47 Å². The average molecular weight is 332 g/mol. The van der Waals surface area contributed by atoms with E-state index in [1.165, 1.54) is 42.1 Å². The molecule has 16 heavy (non-hydrogen) atoms. The molecule has 0 bridgehead atoms. The van der Waals surface area contributed by atoms with Crippen LogP contribution in [0.4, 0.5) is 0 Å². The molecule has 1 saturated heterocycles. The fraction of sp³-hybridized carbons (Fsp3) is 0.571. The van der Waals surface area contributed by atoms with Gasteiger partial charge in [-0.15, -0.1) is 0 Å². The van der Waals surface area contributed by atoms with Crippen molar-refractivity contribution in [1.29, 1.82) is 0 Å². The molecule has 1 aromatic rings. The summed E-state index contributed by atoms with van der Waals surface area (Å²) in [5.41, 5.74) is 1.49. The molecule has 1 aliphatic heterocycles. The molecular formula is C14H20OTe. The third-order valence-electron chi connectivity index (χ3n) is 3.26. The van der Waals surface area contributed by atoms with Crippen molar-refractivity contribution in [2.24, 2.45) is 0 Å². The van der Waals surface area contributed by atoms with Crippen LogP contribution in [0.5, 0.6) is 0 Å². The molecular weight excluding hydrogens is 312 g/mol. The van der Waals surface area contributed by atoms with E-state index in [9.17, 15) is 0 Å². The van der Waals surface area contributed by atoms with Gasteiger partial charge >= 0.3 is 109 Å². The van der Waals surface area contributed by atoms with Crippen LogP contribution in [-0.2, 0) is 8.70 Å². The fourth-order valence-electron chi connectivity index (χ4n) is 2.32. The summed E-state index contributed by atoms with van der Waals surface area (Å²) in [6.07, 6.45) is 6.33. The standard InChI is InChI=1S/C14H20OTe/c1-2-3-10-14(11-7-12-16-15-14)13-8-5-4-6-9-13/h4-6,8-9H,2-3,7,10-12H2,1H3. The van der Waals surface area contributed by atoms with Crippen LogP contribution in [0.25, 0.3) is 0 Å². The van der Waals surface area contributed by atoms with Gasteiger partial charge in [-0.25, -0.2) is 0 Å². The predicted octanol–water partition coefficient (Wildman–Crippen LogP) is 3.92. The van der Waals surface area contributed by atoms with Gasteiger partial charge in [0.05, 0.1) is 0 Å². The summed E-state index contributed by atoms with van der Waals surface area (Å²) >= 11 is -0.191. The molecule has 2 rings (SSSR count). The minimum atomic E-state index is -0.191. The average Bonchev–Trinajstić information content (AvgIpc) is 2.38. The Labute approximate surface area is 109 Å². The van der Waals surface area contributed by atoms with Crippen LogP contribution in [0.3, 0.4) is 0 Å². The molecule has 1 unspecified atom stereocenters. The summed E-state index contributed by atoms with van der Waals surface area (Å²) in [6.45, 7) is 2.26. The van der Waals surface area contributed by atoms with Crippen LogP contribution < -0.4 is 0 Å². The van der Waals surface area contributed by atoms with Crippen molar-refractivity contribution in [2.45, 2.75) is 49.1 Å². The Bertz CT molecular complexity index is 304. The molecule has 1 atom stereocenters. The molecule has 1 aromatic carbocycles. The number of unbranched alkanes of at least 4 members (excludes halogenated alkanes) is 1. The molecule has 1 fully saturated rings. The van der Waals surface area contributed by atoms with E-state index in [-0.39, 0.29) is 26.9 Å². The normalized spacial score (nSPS) is 25.6. The van der Waals surface area contributed by atoms with Gasteiger partial charge in [0.25, 0.3) is 0 Å². The predicted molar refractivity (Wildman–Crippen MR) is 68.5 cm³/mol. The van der Waals surface area contributed by atoms with Crippen LogP contribution in [-0.4, -0.2) is 21.3 Å². The van der Waals surface area contributed by atoms with Gasteiger partial charge in [-0.1, -0.05) is 0 Å². The molecule has 2 heteroatoms. The van der Waals surface area contributed by atoms with Crippen molar-refractivity contribution in [3.63, 3.8) is 0 Å². The Morgan fingerprint density at radius 1 is 1.31 bits per heavy atom. The summed E-state index contributed by atoms with van der Waals surface area (Å²) in [7, 11) is 0. The van der Waals surface area contributed by atoms with Crippen molar-refractivity contribution in [3.05, 3.63) is 35.9 Å². The number of benzene rings is 1. The van der Waals surface area contributed by atoms with E-state index < -0.39 is 0 Å². The Morgan fingerprint density at radius 3 is 2.75 bits per heavy atom. The van der Waals surface area contributed by atoms with E-state index >= 15 is 0 Å². The molecule has 0 aliphatic carbocycles. The molecule has 88 valence electrons. The van der Waals surface area contributed by atoms with Crippen molar-refractivity contribution in [3.8, 4) is 0 Å². The van der Waals surface area contributed by atoms with Crippen molar-refractivity contribution < 1.29 is 3.10 Å². The second kappa shape index (κ2) is 6.05. The first-order valence-electron chi connectivity index (χ1n) is 6.23. The second-order valence-corrected chi connectivity index (χ2v) is 6.79. The van der Waals surface area contributed by atoms with Crippen LogP contribution >= 0.6 is 0 Å². The molecule has 0 N–H and O–H groups in total. The molecule has 1 nitrogen and oxygen atoms in total. The molecule has 1 aliphatic rings. The fourth-order valence-corrected chi connectivity index (χ4v) is 4.70. The zero-order valence-electron chi connectivity index (χ0n) is 9.95.